The Bertz CT molecular complexity index is 601. The molecule has 7 nitrogen and oxygen atoms in total. The van der Waals surface area contributed by atoms with Crippen LogP contribution in [0.1, 0.15) is 31.9 Å². The fraction of sp³-hybridized carbons (Fsp3) is 0.556. The first kappa shape index (κ1) is 24.3. The maximum Gasteiger partial charge on any atom is 0.407 e. The van der Waals surface area contributed by atoms with Crippen LogP contribution in [0.3, 0.4) is 0 Å². The van der Waals surface area contributed by atoms with E-state index in [2.05, 4.69) is 20.9 Å². The topological polar surface area (TPSA) is 84.0 Å². The minimum atomic E-state index is -0.498. The number of carbonyl (C=O) groups excluding carboxylic acids is 1. The number of halogens is 1. The van der Waals surface area contributed by atoms with Crippen molar-refractivity contribution >= 4 is 36.0 Å². The van der Waals surface area contributed by atoms with E-state index in [4.69, 9.17) is 9.47 Å². The standard InChI is InChI=1S/C18H30N4O3.HI/c1-13-7-8-14(15(11-13)24-6)12-22-16(19-5)20-9-10-21-17(23)25-18(2,3)4;/h7-8,11H,9-10,12H2,1-6H3,(H,21,23)(H2,19,20,22);1H. The quantitative estimate of drug-likeness (QED) is 0.254. The molecule has 0 unspecified atom stereocenters. The van der Waals surface area contributed by atoms with E-state index in [1.165, 1.54) is 0 Å². The van der Waals surface area contributed by atoms with Crippen molar-refractivity contribution in [3.8, 4) is 5.75 Å². The van der Waals surface area contributed by atoms with E-state index in [1.807, 2.05) is 45.9 Å². The van der Waals surface area contributed by atoms with Gasteiger partial charge in [0.25, 0.3) is 0 Å². The van der Waals surface area contributed by atoms with E-state index >= 15 is 0 Å². The third-order valence-electron chi connectivity index (χ3n) is 3.20. The summed E-state index contributed by atoms with van der Waals surface area (Å²) in [5, 5.41) is 9.05. The molecule has 148 valence electrons. The van der Waals surface area contributed by atoms with Crippen molar-refractivity contribution in [3.05, 3.63) is 29.3 Å². The smallest absolute Gasteiger partial charge is 0.407 e. The summed E-state index contributed by atoms with van der Waals surface area (Å²) >= 11 is 0. The summed E-state index contributed by atoms with van der Waals surface area (Å²) in [5.74, 6) is 1.49. The van der Waals surface area contributed by atoms with E-state index in [-0.39, 0.29) is 24.0 Å². The number of methoxy groups -OCH3 is 1. The van der Waals surface area contributed by atoms with Crippen LogP contribution in [-0.4, -0.2) is 44.9 Å². The highest BCUT2D eigenvalue weighted by Gasteiger charge is 2.15. The Hall–Kier alpha value is -1.71. The lowest BCUT2D eigenvalue weighted by Crippen LogP contribution is -2.42. The average molecular weight is 478 g/mol. The van der Waals surface area contributed by atoms with Crippen LogP contribution in [0.15, 0.2) is 23.2 Å². The molecule has 0 spiro atoms. The number of guanidine groups is 1. The van der Waals surface area contributed by atoms with Crippen molar-refractivity contribution in [1.29, 1.82) is 0 Å². The van der Waals surface area contributed by atoms with Gasteiger partial charge >= 0.3 is 6.09 Å². The molecule has 0 aliphatic carbocycles. The fourth-order valence-corrected chi connectivity index (χ4v) is 2.06. The normalized spacial score (nSPS) is 11.2. The largest absolute Gasteiger partial charge is 0.496 e. The number of carbonyl (C=O) groups is 1. The zero-order valence-corrected chi connectivity index (χ0v) is 18.8. The highest BCUT2D eigenvalue weighted by molar-refractivity contribution is 14.0. The van der Waals surface area contributed by atoms with Gasteiger partial charge in [0.1, 0.15) is 11.4 Å². The lowest BCUT2D eigenvalue weighted by Gasteiger charge is -2.20. The molecule has 0 saturated carbocycles. The van der Waals surface area contributed by atoms with E-state index in [0.717, 1.165) is 16.9 Å². The van der Waals surface area contributed by atoms with Crippen LogP contribution < -0.4 is 20.7 Å². The summed E-state index contributed by atoms with van der Waals surface area (Å²) < 4.78 is 10.6. The predicted octanol–water partition coefficient (Wildman–Crippen LogP) is 2.81. The van der Waals surface area contributed by atoms with Crippen molar-refractivity contribution < 1.29 is 14.3 Å². The van der Waals surface area contributed by atoms with Gasteiger partial charge in [-0.1, -0.05) is 12.1 Å². The number of nitrogens with one attached hydrogen (secondary N) is 3. The molecule has 8 heteroatoms. The van der Waals surface area contributed by atoms with Gasteiger partial charge in [-0.25, -0.2) is 4.79 Å². The Morgan fingerprint density at radius 3 is 2.38 bits per heavy atom. The van der Waals surface area contributed by atoms with Crippen LogP contribution in [0.5, 0.6) is 5.75 Å². The summed E-state index contributed by atoms with van der Waals surface area (Å²) in [5.41, 5.74) is 1.70. The van der Waals surface area contributed by atoms with Crippen LogP contribution in [-0.2, 0) is 11.3 Å². The number of rotatable bonds is 6. The molecule has 1 amide bonds. The summed E-state index contributed by atoms with van der Waals surface area (Å²) in [6.45, 7) is 9.07. The summed E-state index contributed by atoms with van der Waals surface area (Å²) in [7, 11) is 3.36. The summed E-state index contributed by atoms with van der Waals surface area (Å²) in [6.07, 6.45) is -0.429. The van der Waals surface area contributed by atoms with E-state index in [0.29, 0.717) is 25.6 Å². The molecule has 1 aromatic carbocycles. The van der Waals surface area contributed by atoms with Crippen molar-refractivity contribution in [1.82, 2.24) is 16.0 Å². The van der Waals surface area contributed by atoms with Crippen molar-refractivity contribution in [2.45, 2.75) is 39.8 Å². The number of aryl methyl sites for hydroxylation is 1. The Balaban J connectivity index is 0.00000625. The van der Waals surface area contributed by atoms with Crippen molar-refractivity contribution in [2.24, 2.45) is 4.99 Å². The third-order valence-corrected chi connectivity index (χ3v) is 3.20. The Kier molecular flexibility index (Phi) is 11.0. The molecular weight excluding hydrogens is 447 g/mol. The molecule has 0 aliphatic heterocycles. The number of ether oxygens (including phenoxy) is 2. The van der Waals surface area contributed by atoms with Gasteiger partial charge in [-0.3, -0.25) is 4.99 Å². The van der Waals surface area contributed by atoms with Crippen LogP contribution >= 0.6 is 24.0 Å². The zero-order valence-electron chi connectivity index (χ0n) is 16.4. The molecule has 0 aromatic heterocycles. The monoisotopic (exact) mass is 478 g/mol. The van der Waals surface area contributed by atoms with Gasteiger partial charge in [0.15, 0.2) is 5.96 Å². The lowest BCUT2D eigenvalue weighted by atomic mass is 10.1. The minimum absolute atomic E-state index is 0. The summed E-state index contributed by atoms with van der Waals surface area (Å²) in [6, 6.07) is 6.07. The molecule has 0 fully saturated rings. The average Bonchev–Trinajstić information content (AvgIpc) is 2.53. The first-order chi connectivity index (χ1) is 11.7. The maximum absolute atomic E-state index is 11.6. The van der Waals surface area contributed by atoms with Crippen molar-refractivity contribution in [3.63, 3.8) is 0 Å². The molecule has 0 saturated heterocycles. The molecule has 26 heavy (non-hydrogen) atoms. The van der Waals surface area contributed by atoms with Gasteiger partial charge in [-0.05, 0) is 39.3 Å². The first-order valence-electron chi connectivity index (χ1n) is 8.30. The maximum atomic E-state index is 11.6. The first-order valence-corrected chi connectivity index (χ1v) is 8.30. The van der Waals surface area contributed by atoms with E-state index in [9.17, 15) is 4.79 Å². The number of hydrogen-bond donors (Lipinski definition) is 3. The number of hydrogen-bond acceptors (Lipinski definition) is 4. The Morgan fingerprint density at radius 1 is 1.15 bits per heavy atom. The zero-order chi connectivity index (χ0) is 18.9. The van der Waals surface area contributed by atoms with Gasteiger partial charge < -0.3 is 25.4 Å². The highest BCUT2D eigenvalue weighted by atomic mass is 127. The molecule has 1 aromatic rings. The fourth-order valence-electron chi connectivity index (χ4n) is 2.06. The van der Waals surface area contributed by atoms with E-state index < -0.39 is 11.7 Å². The summed E-state index contributed by atoms with van der Waals surface area (Å²) in [4.78, 5) is 15.7. The molecule has 0 atom stereocenters. The molecule has 0 aliphatic rings. The Labute approximate surface area is 173 Å². The second-order valence-corrected chi connectivity index (χ2v) is 6.60. The molecule has 0 heterocycles. The SMILES string of the molecule is CN=C(NCCNC(=O)OC(C)(C)C)NCc1ccc(C)cc1OC.I. The second-order valence-electron chi connectivity index (χ2n) is 6.60. The number of aliphatic imine (C=N–C) groups is 1. The Morgan fingerprint density at radius 2 is 1.81 bits per heavy atom. The van der Waals surface area contributed by atoms with Crippen molar-refractivity contribution in [2.75, 3.05) is 27.2 Å². The molecule has 1 rings (SSSR count). The van der Waals surface area contributed by atoms with Crippen LogP contribution in [0.4, 0.5) is 4.79 Å². The second kappa shape index (κ2) is 11.8. The van der Waals surface area contributed by atoms with E-state index in [1.54, 1.807) is 14.2 Å². The van der Waals surface area contributed by atoms with Gasteiger partial charge in [-0.15, -0.1) is 24.0 Å². The minimum Gasteiger partial charge on any atom is -0.496 e. The number of nitrogens with zero attached hydrogens (tertiary/aromatic N) is 1. The van der Waals surface area contributed by atoms with Gasteiger partial charge in [0, 0.05) is 32.2 Å². The van der Waals surface area contributed by atoms with Gasteiger partial charge in [0.2, 0.25) is 0 Å². The third kappa shape index (κ3) is 9.69. The molecule has 0 radical (unpaired) electrons. The number of alkyl carbamates (subject to hydrolysis) is 1. The molecule has 0 bridgehead atoms. The van der Waals surface area contributed by atoms with Crippen LogP contribution in [0.2, 0.25) is 0 Å². The number of benzene rings is 1. The molecular formula is C18H31IN4O3. The lowest BCUT2D eigenvalue weighted by molar-refractivity contribution is 0.0529. The number of amides is 1. The predicted molar refractivity (Wildman–Crippen MR) is 116 cm³/mol. The highest BCUT2D eigenvalue weighted by Crippen LogP contribution is 2.19. The molecule has 3 N–H and O–H groups in total. The van der Waals surface area contributed by atoms with Gasteiger partial charge in [-0.2, -0.15) is 0 Å². The van der Waals surface area contributed by atoms with Crippen LogP contribution in [0, 0.1) is 6.92 Å². The van der Waals surface area contributed by atoms with Gasteiger partial charge in [0.05, 0.1) is 7.11 Å². The van der Waals surface area contributed by atoms with Crippen LogP contribution in [0.25, 0.3) is 0 Å².